The molecule has 0 aromatic heterocycles. The van der Waals surface area contributed by atoms with Crippen LogP contribution in [0.1, 0.15) is 12.0 Å². The van der Waals surface area contributed by atoms with Gasteiger partial charge in [0, 0.05) is 18.7 Å². The number of benzene rings is 1. The largest absolute Gasteiger partial charge is 0.481 e. The first-order valence-corrected chi connectivity index (χ1v) is 6.47. The summed E-state index contributed by atoms with van der Waals surface area (Å²) >= 11 is 0. The molecular formula is C14H15F2NO4. The smallest absolute Gasteiger partial charge is 0.349 e. The highest BCUT2D eigenvalue weighted by Crippen LogP contribution is 2.30. The first-order valence-electron chi connectivity index (χ1n) is 6.47. The summed E-state index contributed by atoms with van der Waals surface area (Å²) in [5.41, 5.74) is -0.378. The number of morpholine rings is 1. The lowest BCUT2D eigenvalue weighted by Gasteiger charge is -2.34. The van der Waals surface area contributed by atoms with Crippen LogP contribution in [0.3, 0.4) is 0 Å². The number of hydrogen-bond donors (Lipinski definition) is 1. The molecule has 0 saturated carbocycles. The van der Waals surface area contributed by atoms with Crippen molar-refractivity contribution in [1.29, 1.82) is 0 Å². The number of carboxylic acids is 1. The molecule has 0 bridgehead atoms. The Morgan fingerprint density at radius 2 is 2.00 bits per heavy atom. The first kappa shape index (κ1) is 15.4. The lowest BCUT2D eigenvalue weighted by molar-refractivity contribution is -0.167. The third-order valence-corrected chi connectivity index (χ3v) is 3.23. The van der Waals surface area contributed by atoms with Crippen molar-refractivity contribution >= 4 is 11.9 Å². The summed E-state index contributed by atoms with van der Waals surface area (Å²) in [6.07, 6.45) is -1.08. The second kappa shape index (κ2) is 6.17. The van der Waals surface area contributed by atoms with Crippen LogP contribution < -0.4 is 0 Å². The van der Waals surface area contributed by atoms with E-state index in [9.17, 15) is 18.4 Å². The SMILES string of the molecule is O=C(O)CC1CN(C(=O)C(F)(F)c2ccccc2)CCO1. The summed E-state index contributed by atoms with van der Waals surface area (Å²) in [6, 6.07) is 6.83. The van der Waals surface area contributed by atoms with Crippen LogP contribution in [0.15, 0.2) is 30.3 Å². The highest BCUT2D eigenvalue weighted by atomic mass is 19.3. The normalized spacial score (nSPS) is 19.3. The molecule has 114 valence electrons. The van der Waals surface area contributed by atoms with E-state index < -0.39 is 23.9 Å². The van der Waals surface area contributed by atoms with E-state index in [0.29, 0.717) is 0 Å². The molecule has 1 aliphatic rings. The van der Waals surface area contributed by atoms with E-state index >= 15 is 0 Å². The average molecular weight is 299 g/mol. The van der Waals surface area contributed by atoms with Crippen molar-refractivity contribution in [3.05, 3.63) is 35.9 Å². The molecule has 0 radical (unpaired) electrons. The third kappa shape index (κ3) is 3.55. The van der Waals surface area contributed by atoms with Crippen molar-refractivity contribution in [3.8, 4) is 0 Å². The maximum absolute atomic E-state index is 14.2. The molecule has 1 N–H and O–H groups in total. The van der Waals surface area contributed by atoms with Crippen molar-refractivity contribution in [3.63, 3.8) is 0 Å². The number of carbonyl (C=O) groups is 2. The van der Waals surface area contributed by atoms with Crippen LogP contribution in [0.25, 0.3) is 0 Å². The molecular weight excluding hydrogens is 284 g/mol. The van der Waals surface area contributed by atoms with Crippen LogP contribution in [0.2, 0.25) is 0 Å². The van der Waals surface area contributed by atoms with Crippen molar-refractivity contribution in [2.45, 2.75) is 18.4 Å². The van der Waals surface area contributed by atoms with Crippen molar-refractivity contribution in [2.24, 2.45) is 0 Å². The number of amides is 1. The number of alkyl halides is 2. The zero-order valence-corrected chi connectivity index (χ0v) is 11.2. The summed E-state index contributed by atoms with van der Waals surface area (Å²) in [5, 5.41) is 8.70. The first-order chi connectivity index (χ1) is 9.91. The van der Waals surface area contributed by atoms with Crippen LogP contribution in [0.5, 0.6) is 0 Å². The molecule has 1 aromatic carbocycles. The lowest BCUT2D eigenvalue weighted by Crippen LogP contribution is -2.51. The molecule has 1 unspecified atom stereocenters. The van der Waals surface area contributed by atoms with Crippen molar-refractivity contribution < 1.29 is 28.2 Å². The van der Waals surface area contributed by atoms with Gasteiger partial charge in [0.05, 0.1) is 19.1 Å². The number of rotatable bonds is 4. The van der Waals surface area contributed by atoms with Gasteiger partial charge >= 0.3 is 11.9 Å². The molecule has 1 saturated heterocycles. The lowest BCUT2D eigenvalue weighted by atomic mass is 10.1. The Balaban J connectivity index is 2.10. The van der Waals surface area contributed by atoms with E-state index in [0.717, 1.165) is 4.90 Å². The molecule has 1 atom stereocenters. The number of aliphatic carboxylic acids is 1. The second-order valence-electron chi connectivity index (χ2n) is 4.78. The van der Waals surface area contributed by atoms with Crippen LogP contribution >= 0.6 is 0 Å². The Morgan fingerprint density at radius 1 is 1.33 bits per heavy atom. The van der Waals surface area contributed by atoms with E-state index in [4.69, 9.17) is 9.84 Å². The summed E-state index contributed by atoms with van der Waals surface area (Å²) in [4.78, 5) is 23.6. The molecule has 1 fully saturated rings. The van der Waals surface area contributed by atoms with Crippen molar-refractivity contribution in [1.82, 2.24) is 4.90 Å². The number of hydrogen-bond acceptors (Lipinski definition) is 3. The minimum absolute atomic E-state index is 0.0252. The minimum atomic E-state index is -3.63. The van der Waals surface area contributed by atoms with Gasteiger partial charge in [0.2, 0.25) is 0 Å². The standard InChI is InChI=1S/C14H15F2NO4/c15-14(16,10-4-2-1-3-5-10)13(20)17-6-7-21-11(9-17)8-12(18)19/h1-5,11H,6-9H2,(H,18,19). The van der Waals surface area contributed by atoms with E-state index in [1.807, 2.05) is 0 Å². The Morgan fingerprint density at radius 3 is 2.62 bits per heavy atom. The second-order valence-corrected chi connectivity index (χ2v) is 4.78. The van der Waals surface area contributed by atoms with Gasteiger partial charge in [0.15, 0.2) is 0 Å². The summed E-state index contributed by atoms with van der Waals surface area (Å²) in [5.74, 6) is -6.05. The Hall–Kier alpha value is -2.02. The molecule has 1 aliphatic heterocycles. The maximum atomic E-state index is 14.2. The van der Waals surface area contributed by atoms with Crippen LogP contribution in [0, 0.1) is 0 Å². The molecule has 0 aliphatic carbocycles. The van der Waals surface area contributed by atoms with Gasteiger partial charge < -0.3 is 14.7 Å². The quantitative estimate of drug-likeness (QED) is 0.914. The molecule has 7 heteroatoms. The number of nitrogens with zero attached hydrogens (tertiary/aromatic N) is 1. The summed E-state index contributed by atoms with van der Waals surface area (Å²) < 4.78 is 33.5. The average Bonchev–Trinajstić information content (AvgIpc) is 2.47. The number of carbonyl (C=O) groups excluding carboxylic acids is 1. The fraction of sp³-hybridized carbons (Fsp3) is 0.429. The van der Waals surface area contributed by atoms with Gasteiger partial charge in [-0.3, -0.25) is 9.59 Å². The minimum Gasteiger partial charge on any atom is -0.481 e. The van der Waals surface area contributed by atoms with Crippen LogP contribution in [-0.2, 0) is 20.2 Å². The van der Waals surface area contributed by atoms with Gasteiger partial charge in [-0.15, -0.1) is 0 Å². The fourth-order valence-corrected chi connectivity index (χ4v) is 2.19. The van der Waals surface area contributed by atoms with E-state index in [1.54, 1.807) is 6.07 Å². The molecule has 21 heavy (non-hydrogen) atoms. The van der Waals surface area contributed by atoms with Gasteiger partial charge in [0.25, 0.3) is 5.91 Å². The maximum Gasteiger partial charge on any atom is 0.349 e. The zero-order valence-electron chi connectivity index (χ0n) is 11.2. The predicted octanol–water partition coefficient (Wildman–Crippen LogP) is 1.48. The monoisotopic (exact) mass is 299 g/mol. The highest BCUT2D eigenvalue weighted by molar-refractivity contribution is 5.85. The Kier molecular flexibility index (Phi) is 4.52. The topological polar surface area (TPSA) is 66.8 Å². The molecule has 5 nitrogen and oxygen atoms in total. The molecule has 2 rings (SSSR count). The third-order valence-electron chi connectivity index (χ3n) is 3.23. The van der Waals surface area contributed by atoms with Gasteiger partial charge in [-0.05, 0) is 0 Å². The van der Waals surface area contributed by atoms with Gasteiger partial charge in [0.1, 0.15) is 0 Å². The fourth-order valence-electron chi connectivity index (χ4n) is 2.19. The summed E-state index contributed by atoms with van der Waals surface area (Å²) in [6.45, 7) is -0.0700. The van der Waals surface area contributed by atoms with Crippen LogP contribution in [-0.4, -0.2) is 47.7 Å². The highest BCUT2D eigenvalue weighted by Gasteiger charge is 2.45. The van der Waals surface area contributed by atoms with Gasteiger partial charge in [-0.25, -0.2) is 0 Å². The number of ether oxygens (including phenoxy) is 1. The van der Waals surface area contributed by atoms with Gasteiger partial charge in [-0.2, -0.15) is 8.78 Å². The number of carboxylic acid groups (broad SMARTS) is 1. The Bertz CT molecular complexity index is 521. The number of halogens is 2. The zero-order chi connectivity index (χ0) is 15.5. The molecule has 1 heterocycles. The molecule has 0 spiro atoms. The van der Waals surface area contributed by atoms with E-state index in [1.165, 1.54) is 24.3 Å². The Labute approximate surface area is 120 Å². The van der Waals surface area contributed by atoms with Gasteiger partial charge in [-0.1, -0.05) is 30.3 Å². The summed E-state index contributed by atoms with van der Waals surface area (Å²) in [7, 11) is 0. The van der Waals surface area contributed by atoms with E-state index in [-0.39, 0.29) is 31.7 Å². The molecule has 1 amide bonds. The van der Waals surface area contributed by atoms with E-state index in [2.05, 4.69) is 0 Å². The van der Waals surface area contributed by atoms with Crippen molar-refractivity contribution in [2.75, 3.05) is 19.7 Å². The molecule has 1 aromatic rings. The predicted molar refractivity (Wildman–Crippen MR) is 68.9 cm³/mol. The van der Waals surface area contributed by atoms with Crippen LogP contribution in [0.4, 0.5) is 8.78 Å².